The van der Waals surface area contributed by atoms with E-state index in [1.165, 1.54) is 35.6 Å². The summed E-state index contributed by atoms with van der Waals surface area (Å²) in [7, 11) is -2.33. The van der Waals surface area contributed by atoms with Gasteiger partial charge in [0.1, 0.15) is 5.75 Å². The summed E-state index contributed by atoms with van der Waals surface area (Å²) < 4.78 is 40.5. The predicted molar refractivity (Wildman–Crippen MR) is 175 cm³/mol. The van der Waals surface area contributed by atoms with Gasteiger partial charge in [0.05, 0.1) is 35.3 Å². The number of carbonyl (C=O) groups is 2. The maximum Gasteiger partial charge on any atom is 0.319 e. The Kier molecular flexibility index (Phi) is 13.5. The first-order valence-corrected chi connectivity index (χ1v) is 17.2. The molecular weight excluding hydrogens is 620 g/mol. The molecule has 2 aromatic carbocycles. The third kappa shape index (κ3) is 10.3. The number of fused-ring (bicyclic) bond motifs is 1. The van der Waals surface area contributed by atoms with E-state index in [2.05, 4.69) is 10.6 Å². The maximum absolute atomic E-state index is 14.2. The van der Waals surface area contributed by atoms with E-state index in [4.69, 9.17) is 21.1 Å². The predicted octanol–water partition coefficient (Wildman–Crippen LogP) is 4.99. The van der Waals surface area contributed by atoms with Crippen LogP contribution in [0.3, 0.4) is 0 Å². The monoisotopic (exact) mass is 666 g/mol. The Bertz CT molecular complexity index is 1390. The molecule has 45 heavy (non-hydrogen) atoms. The highest BCUT2D eigenvalue weighted by Crippen LogP contribution is 2.29. The Morgan fingerprint density at radius 3 is 2.47 bits per heavy atom. The van der Waals surface area contributed by atoms with E-state index in [1.807, 2.05) is 27.7 Å². The van der Waals surface area contributed by atoms with Crippen molar-refractivity contribution in [3.63, 3.8) is 0 Å². The molecule has 0 radical (unpaired) electrons. The summed E-state index contributed by atoms with van der Waals surface area (Å²) >= 11 is 5.97. The lowest BCUT2D eigenvalue weighted by Gasteiger charge is -2.35. The van der Waals surface area contributed by atoms with Gasteiger partial charge in [0, 0.05) is 49.4 Å². The lowest BCUT2D eigenvalue weighted by Crippen LogP contribution is -2.48. The zero-order chi connectivity index (χ0) is 33.3. The number of ether oxygens (including phenoxy) is 2. The number of nitrogens with one attached hydrogen (secondary N) is 2. The molecule has 3 rings (SSSR count). The first-order valence-electron chi connectivity index (χ1n) is 15.4. The molecule has 0 saturated carbocycles. The van der Waals surface area contributed by atoms with Gasteiger partial charge in [-0.15, -0.1) is 0 Å². The first-order chi connectivity index (χ1) is 21.2. The highest BCUT2D eigenvalue weighted by atomic mass is 35.5. The number of amides is 3. The highest BCUT2D eigenvalue weighted by molar-refractivity contribution is 7.89. The molecule has 13 heteroatoms. The van der Waals surface area contributed by atoms with Crippen LogP contribution in [0.4, 0.5) is 10.5 Å². The van der Waals surface area contributed by atoms with Crippen molar-refractivity contribution < 1.29 is 32.6 Å². The van der Waals surface area contributed by atoms with Crippen LogP contribution in [0.25, 0.3) is 0 Å². The van der Waals surface area contributed by atoms with Gasteiger partial charge in [0.15, 0.2) is 0 Å². The van der Waals surface area contributed by atoms with E-state index in [0.717, 1.165) is 12.8 Å². The van der Waals surface area contributed by atoms with Gasteiger partial charge in [-0.05, 0) is 89.4 Å². The molecule has 0 aliphatic carbocycles. The molecular formula is C32H47ClN4O7S. The second-order valence-corrected chi connectivity index (χ2v) is 14.5. The quantitative estimate of drug-likeness (QED) is 0.361. The molecule has 11 nitrogen and oxygen atoms in total. The van der Waals surface area contributed by atoms with Crippen LogP contribution in [0.1, 0.15) is 64.2 Å². The maximum atomic E-state index is 14.2. The summed E-state index contributed by atoms with van der Waals surface area (Å²) in [5.41, 5.74) is 0.658. The Hall–Kier alpha value is -2.90. The fourth-order valence-electron chi connectivity index (χ4n) is 5.03. The molecule has 0 fully saturated rings. The summed E-state index contributed by atoms with van der Waals surface area (Å²) in [5.74, 6) is -0.338. The second kappa shape index (κ2) is 16.6. The normalized spacial score (nSPS) is 21.1. The number of carbonyl (C=O) groups excluding carboxylic acids is 2. The topological polar surface area (TPSA) is 138 Å². The molecule has 250 valence electrons. The SMILES string of the molecule is CC(C)NC(=O)Nc1ccc2c(c1)C(=O)N([C@@H](C)CO)C[C@@H](C)[C@@H](CN(C)S(=O)(=O)c1ccc(Cl)cc1)OCCCC[C@@H](C)O2. The summed E-state index contributed by atoms with van der Waals surface area (Å²) in [6.45, 7) is 9.59. The van der Waals surface area contributed by atoms with Crippen LogP contribution in [-0.4, -0.2) is 92.3 Å². The van der Waals surface area contributed by atoms with Crippen molar-refractivity contribution in [3.05, 3.63) is 53.1 Å². The summed E-state index contributed by atoms with van der Waals surface area (Å²) in [4.78, 5) is 28.3. The van der Waals surface area contributed by atoms with Gasteiger partial charge < -0.3 is 30.1 Å². The van der Waals surface area contributed by atoms with E-state index in [-0.39, 0.29) is 48.2 Å². The number of benzene rings is 2. The van der Waals surface area contributed by atoms with E-state index >= 15 is 0 Å². The van der Waals surface area contributed by atoms with Gasteiger partial charge in [-0.2, -0.15) is 4.31 Å². The minimum atomic E-state index is -3.84. The molecule has 0 aromatic heterocycles. The third-order valence-corrected chi connectivity index (χ3v) is 9.78. The van der Waals surface area contributed by atoms with Gasteiger partial charge in [0.25, 0.3) is 5.91 Å². The molecule has 0 saturated heterocycles. The van der Waals surface area contributed by atoms with Crippen LogP contribution in [0.15, 0.2) is 47.4 Å². The van der Waals surface area contributed by atoms with E-state index in [0.29, 0.717) is 29.5 Å². The van der Waals surface area contributed by atoms with Crippen molar-refractivity contribution in [2.24, 2.45) is 5.92 Å². The van der Waals surface area contributed by atoms with Crippen molar-refractivity contribution in [3.8, 4) is 5.75 Å². The summed E-state index contributed by atoms with van der Waals surface area (Å²) in [6.07, 6.45) is 1.47. The molecule has 3 amide bonds. The Morgan fingerprint density at radius 2 is 1.82 bits per heavy atom. The fourth-order valence-corrected chi connectivity index (χ4v) is 6.34. The van der Waals surface area contributed by atoms with Crippen LogP contribution >= 0.6 is 11.6 Å². The van der Waals surface area contributed by atoms with Gasteiger partial charge in [-0.3, -0.25) is 4.79 Å². The second-order valence-electron chi connectivity index (χ2n) is 12.0. The Balaban J connectivity index is 1.96. The van der Waals surface area contributed by atoms with E-state index in [1.54, 1.807) is 30.0 Å². The number of hydrogen-bond donors (Lipinski definition) is 3. The standard InChI is InChI=1S/C32H47ClN4O7S/c1-21(2)34-32(40)35-26-12-15-29-28(17-26)31(39)37(23(4)20-38)18-22(3)30(43-16-8-7-9-24(5)44-29)19-36(6)45(41,42)27-13-10-25(33)11-14-27/h10-15,17,21-24,30,38H,7-9,16,18-20H2,1-6H3,(H2,34,35,40)/t22-,23+,24-,30-/m1/s1. The number of aliphatic hydroxyl groups excluding tert-OH is 1. The molecule has 1 aliphatic rings. The zero-order valence-corrected chi connectivity index (χ0v) is 28.5. The number of urea groups is 1. The Labute approximate surface area is 272 Å². The number of sulfonamides is 1. The summed E-state index contributed by atoms with van der Waals surface area (Å²) in [6, 6.07) is 9.88. The van der Waals surface area contributed by atoms with Crippen LogP contribution in [-0.2, 0) is 14.8 Å². The number of anilines is 1. The van der Waals surface area contributed by atoms with Crippen LogP contribution in [0, 0.1) is 5.92 Å². The number of rotatable bonds is 8. The van der Waals surface area contributed by atoms with Gasteiger partial charge >= 0.3 is 6.03 Å². The third-order valence-electron chi connectivity index (χ3n) is 7.69. The number of halogens is 1. The van der Waals surface area contributed by atoms with Crippen molar-refractivity contribution in [1.29, 1.82) is 0 Å². The minimum Gasteiger partial charge on any atom is -0.490 e. The highest BCUT2D eigenvalue weighted by Gasteiger charge is 2.32. The van der Waals surface area contributed by atoms with Gasteiger partial charge in [-0.1, -0.05) is 18.5 Å². The number of aliphatic hydroxyl groups is 1. The fraction of sp³-hybridized carbons (Fsp3) is 0.562. The molecule has 1 aliphatic heterocycles. The molecule has 0 unspecified atom stereocenters. The van der Waals surface area contributed by atoms with Crippen molar-refractivity contribution >= 4 is 39.2 Å². The zero-order valence-electron chi connectivity index (χ0n) is 27.0. The van der Waals surface area contributed by atoms with E-state index < -0.39 is 34.1 Å². The van der Waals surface area contributed by atoms with Crippen LogP contribution in [0.5, 0.6) is 5.75 Å². The Morgan fingerprint density at radius 1 is 1.13 bits per heavy atom. The molecule has 4 atom stereocenters. The minimum absolute atomic E-state index is 0.0524. The van der Waals surface area contributed by atoms with Crippen LogP contribution < -0.4 is 15.4 Å². The molecule has 3 N–H and O–H groups in total. The molecule has 0 spiro atoms. The molecule has 1 heterocycles. The molecule has 0 bridgehead atoms. The lowest BCUT2D eigenvalue weighted by atomic mass is 10.0. The number of nitrogens with zero attached hydrogens (tertiary/aromatic N) is 2. The van der Waals surface area contributed by atoms with Crippen LogP contribution in [0.2, 0.25) is 5.02 Å². The number of likely N-dealkylation sites (N-methyl/N-ethyl adjacent to an activating group) is 1. The van der Waals surface area contributed by atoms with Crippen molar-refractivity contribution in [2.45, 2.75) is 83.1 Å². The van der Waals surface area contributed by atoms with Gasteiger partial charge in [0.2, 0.25) is 10.0 Å². The average Bonchev–Trinajstić information content (AvgIpc) is 2.98. The smallest absolute Gasteiger partial charge is 0.319 e. The largest absolute Gasteiger partial charge is 0.490 e. The van der Waals surface area contributed by atoms with Crippen molar-refractivity contribution in [1.82, 2.24) is 14.5 Å². The number of hydrogen-bond acceptors (Lipinski definition) is 7. The van der Waals surface area contributed by atoms with Gasteiger partial charge in [-0.25, -0.2) is 13.2 Å². The van der Waals surface area contributed by atoms with E-state index in [9.17, 15) is 23.1 Å². The molecule has 2 aromatic rings. The lowest BCUT2D eigenvalue weighted by molar-refractivity contribution is -0.00833. The summed E-state index contributed by atoms with van der Waals surface area (Å²) in [5, 5.41) is 16.1. The average molecular weight is 667 g/mol. The first kappa shape index (κ1) is 36.6. The van der Waals surface area contributed by atoms with Crippen molar-refractivity contribution in [2.75, 3.05) is 38.7 Å².